The lowest BCUT2D eigenvalue weighted by atomic mass is 10.4. The number of aryl methyl sites for hydroxylation is 1. The Hall–Kier alpha value is -0.410. The molecule has 15 heavy (non-hydrogen) atoms. The van der Waals surface area contributed by atoms with Gasteiger partial charge in [0.25, 0.3) is 0 Å². The average Bonchev–Trinajstić information content (AvgIpc) is 2.67. The molecule has 1 heterocycles. The Balaban J connectivity index is 2.32. The molecule has 0 radical (unpaired) electrons. The standard InChI is InChI=1S/C12H22N2S/c1-3-7-13-11-12-6-4-8-14(12)9-5-10-15-2/h4,6,8,13H,3,5,7,9-11H2,1-2H3. The van der Waals surface area contributed by atoms with Gasteiger partial charge in [-0.25, -0.2) is 0 Å². The zero-order valence-corrected chi connectivity index (χ0v) is 10.6. The predicted molar refractivity (Wildman–Crippen MR) is 69.4 cm³/mol. The summed E-state index contributed by atoms with van der Waals surface area (Å²) in [5, 5.41) is 3.44. The minimum atomic E-state index is 1.00. The largest absolute Gasteiger partial charge is 0.350 e. The van der Waals surface area contributed by atoms with Crippen LogP contribution in [0.4, 0.5) is 0 Å². The second-order valence-corrected chi connectivity index (χ2v) is 4.70. The van der Waals surface area contributed by atoms with Gasteiger partial charge in [-0.05, 0) is 43.5 Å². The van der Waals surface area contributed by atoms with Crippen LogP contribution in [0.5, 0.6) is 0 Å². The molecule has 0 aliphatic heterocycles. The third-order valence-corrected chi connectivity index (χ3v) is 3.10. The lowest BCUT2D eigenvalue weighted by molar-refractivity contribution is 0.601. The van der Waals surface area contributed by atoms with Crippen molar-refractivity contribution >= 4 is 11.8 Å². The summed E-state index contributed by atoms with van der Waals surface area (Å²) in [6, 6.07) is 4.35. The first-order valence-electron chi connectivity index (χ1n) is 5.72. The van der Waals surface area contributed by atoms with E-state index in [9.17, 15) is 0 Å². The molecule has 3 heteroatoms. The topological polar surface area (TPSA) is 17.0 Å². The molecule has 0 amide bonds. The van der Waals surface area contributed by atoms with Gasteiger partial charge in [0, 0.05) is 25.0 Å². The Kier molecular flexibility index (Phi) is 6.60. The number of thioether (sulfide) groups is 1. The second kappa shape index (κ2) is 7.83. The molecule has 0 saturated carbocycles. The SMILES string of the molecule is CCCNCc1cccn1CCCSC. The number of nitrogens with zero attached hydrogens (tertiary/aromatic N) is 1. The fourth-order valence-electron chi connectivity index (χ4n) is 1.60. The highest BCUT2D eigenvalue weighted by Crippen LogP contribution is 2.05. The Bertz CT molecular complexity index is 233. The monoisotopic (exact) mass is 226 g/mol. The molecule has 1 rings (SSSR count). The van der Waals surface area contributed by atoms with Crippen molar-refractivity contribution in [1.82, 2.24) is 9.88 Å². The highest BCUT2D eigenvalue weighted by molar-refractivity contribution is 7.98. The van der Waals surface area contributed by atoms with Crippen LogP contribution in [0, 0.1) is 0 Å². The number of aromatic nitrogens is 1. The van der Waals surface area contributed by atoms with Gasteiger partial charge >= 0.3 is 0 Å². The van der Waals surface area contributed by atoms with E-state index in [1.807, 2.05) is 11.8 Å². The molecule has 0 aromatic carbocycles. The predicted octanol–water partition coefficient (Wildman–Crippen LogP) is 2.74. The van der Waals surface area contributed by atoms with Gasteiger partial charge in [0.2, 0.25) is 0 Å². The van der Waals surface area contributed by atoms with Crippen molar-refractivity contribution in [2.24, 2.45) is 0 Å². The molecule has 0 saturated heterocycles. The second-order valence-electron chi connectivity index (χ2n) is 3.72. The van der Waals surface area contributed by atoms with E-state index in [1.54, 1.807) is 0 Å². The van der Waals surface area contributed by atoms with Gasteiger partial charge in [-0.3, -0.25) is 0 Å². The van der Waals surface area contributed by atoms with Gasteiger partial charge in [-0.1, -0.05) is 6.92 Å². The molecular weight excluding hydrogens is 204 g/mol. The van der Waals surface area contributed by atoms with Gasteiger partial charge in [-0.2, -0.15) is 11.8 Å². The molecule has 0 bridgehead atoms. The van der Waals surface area contributed by atoms with E-state index in [2.05, 4.69) is 41.4 Å². The van der Waals surface area contributed by atoms with E-state index in [0.29, 0.717) is 0 Å². The summed E-state index contributed by atoms with van der Waals surface area (Å²) < 4.78 is 2.36. The lowest BCUT2D eigenvalue weighted by Gasteiger charge is -2.09. The van der Waals surface area contributed by atoms with E-state index in [0.717, 1.165) is 19.6 Å². The van der Waals surface area contributed by atoms with Gasteiger partial charge < -0.3 is 9.88 Å². The summed E-state index contributed by atoms with van der Waals surface area (Å²) >= 11 is 1.92. The number of nitrogens with one attached hydrogen (secondary N) is 1. The summed E-state index contributed by atoms with van der Waals surface area (Å²) in [6.07, 6.45) is 6.81. The summed E-state index contributed by atoms with van der Waals surface area (Å²) in [6.45, 7) is 5.46. The van der Waals surface area contributed by atoms with Crippen molar-refractivity contribution in [3.8, 4) is 0 Å². The van der Waals surface area contributed by atoms with E-state index in [-0.39, 0.29) is 0 Å². The van der Waals surface area contributed by atoms with Crippen LogP contribution in [-0.2, 0) is 13.1 Å². The van der Waals surface area contributed by atoms with Gasteiger partial charge in [0.1, 0.15) is 0 Å². The van der Waals surface area contributed by atoms with Crippen LogP contribution in [0.1, 0.15) is 25.5 Å². The van der Waals surface area contributed by atoms with Crippen molar-refractivity contribution < 1.29 is 0 Å². The maximum absolute atomic E-state index is 3.44. The zero-order valence-electron chi connectivity index (χ0n) is 9.83. The van der Waals surface area contributed by atoms with Crippen molar-refractivity contribution in [3.63, 3.8) is 0 Å². The van der Waals surface area contributed by atoms with Gasteiger partial charge in [0.05, 0.1) is 0 Å². The quantitative estimate of drug-likeness (QED) is 0.686. The van der Waals surface area contributed by atoms with E-state index < -0.39 is 0 Å². The van der Waals surface area contributed by atoms with Crippen LogP contribution in [0.15, 0.2) is 18.3 Å². The van der Waals surface area contributed by atoms with Crippen LogP contribution in [0.25, 0.3) is 0 Å². The lowest BCUT2D eigenvalue weighted by Crippen LogP contribution is -2.16. The fourth-order valence-corrected chi connectivity index (χ4v) is 2.02. The average molecular weight is 226 g/mol. The first-order chi connectivity index (χ1) is 7.38. The third kappa shape index (κ3) is 4.76. The van der Waals surface area contributed by atoms with Crippen LogP contribution < -0.4 is 5.32 Å². The number of rotatable bonds is 8. The van der Waals surface area contributed by atoms with E-state index in [1.165, 1.54) is 24.3 Å². The van der Waals surface area contributed by atoms with Crippen LogP contribution in [-0.4, -0.2) is 23.1 Å². The summed E-state index contributed by atoms with van der Waals surface area (Å²) in [4.78, 5) is 0. The Morgan fingerprint density at radius 2 is 2.33 bits per heavy atom. The van der Waals surface area contributed by atoms with Gasteiger partial charge in [0.15, 0.2) is 0 Å². The number of hydrogen-bond donors (Lipinski definition) is 1. The smallest absolute Gasteiger partial charge is 0.0359 e. The molecule has 0 spiro atoms. The minimum Gasteiger partial charge on any atom is -0.350 e. The molecule has 0 unspecified atom stereocenters. The minimum absolute atomic E-state index is 1.00. The molecule has 2 nitrogen and oxygen atoms in total. The molecule has 0 aliphatic rings. The molecule has 0 atom stereocenters. The summed E-state index contributed by atoms with van der Waals surface area (Å²) in [5.41, 5.74) is 1.41. The number of hydrogen-bond acceptors (Lipinski definition) is 2. The van der Waals surface area contributed by atoms with E-state index in [4.69, 9.17) is 0 Å². The molecule has 1 aromatic rings. The summed E-state index contributed by atoms with van der Waals surface area (Å²) in [5.74, 6) is 1.25. The van der Waals surface area contributed by atoms with Crippen molar-refractivity contribution in [2.75, 3.05) is 18.6 Å². The Morgan fingerprint density at radius 1 is 1.47 bits per heavy atom. The molecule has 1 aromatic heterocycles. The maximum Gasteiger partial charge on any atom is 0.0359 e. The third-order valence-electron chi connectivity index (χ3n) is 2.40. The van der Waals surface area contributed by atoms with E-state index >= 15 is 0 Å². The van der Waals surface area contributed by atoms with Crippen molar-refractivity contribution in [1.29, 1.82) is 0 Å². The maximum atomic E-state index is 3.44. The highest BCUT2D eigenvalue weighted by atomic mass is 32.2. The van der Waals surface area contributed by atoms with Crippen molar-refractivity contribution in [3.05, 3.63) is 24.0 Å². The first kappa shape index (κ1) is 12.7. The fraction of sp³-hybridized carbons (Fsp3) is 0.667. The molecule has 0 aliphatic carbocycles. The van der Waals surface area contributed by atoms with Crippen LogP contribution in [0.2, 0.25) is 0 Å². The zero-order chi connectivity index (χ0) is 10.9. The highest BCUT2D eigenvalue weighted by Gasteiger charge is 1.99. The first-order valence-corrected chi connectivity index (χ1v) is 7.11. The molecule has 0 fully saturated rings. The van der Waals surface area contributed by atoms with Crippen LogP contribution >= 0.6 is 11.8 Å². The van der Waals surface area contributed by atoms with Gasteiger partial charge in [-0.15, -0.1) is 0 Å². The Labute approximate surface area is 97.4 Å². The summed E-state index contributed by atoms with van der Waals surface area (Å²) in [7, 11) is 0. The van der Waals surface area contributed by atoms with Crippen molar-refractivity contribution in [2.45, 2.75) is 32.9 Å². The molecular formula is C12H22N2S. The van der Waals surface area contributed by atoms with Crippen LogP contribution in [0.3, 0.4) is 0 Å². The molecule has 1 N–H and O–H groups in total. The molecule has 86 valence electrons. The Morgan fingerprint density at radius 3 is 3.07 bits per heavy atom. The normalized spacial score (nSPS) is 10.8.